The molecule has 172 valence electrons. The van der Waals surface area contributed by atoms with Gasteiger partial charge in [-0.15, -0.1) is 0 Å². The van der Waals surface area contributed by atoms with Gasteiger partial charge in [0.2, 0.25) is 0 Å². The first-order valence-electron chi connectivity index (χ1n) is 11.6. The predicted octanol–water partition coefficient (Wildman–Crippen LogP) is 2.95. The first-order valence-corrected chi connectivity index (χ1v) is 11.6. The molecule has 0 radical (unpaired) electrons. The van der Waals surface area contributed by atoms with Gasteiger partial charge in [-0.25, -0.2) is 4.98 Å². The lowest BCUT2D eigenvalue weighted by Crippen LogP contribution is -2.30. The van der Waals surface area contributed by atoms with Crippen LogP contribution in [0.3, 0.4) is 0 Å². The number of rotatable bonds is 6. The molecule has 1 fully saturated rings. The van der Waals surface area contributed by atoms with Crippen molar-refractivity contribution in [1.82, 2.24) is 19.9 Å². The second-order valence-corrected chi connectivity index (χ2v) is 8.71. The molecule has 7 nitrogen and oxygen atoms in total. The number of piperidine rings is 1. The molecule has 1 aliphatic heterocycles. The first-order chi connectivity index (χ1) is 16.0. The Morgan fingerprint density at radius 2 is 2.12 bits per heavy atom. The Balaban J connectivity index is 1.92. The van der Waals surface area contributed by atoms with Gasteiger partial charge in [0.05, 0.1) is 28.6 Å². The fourth-order valence-corrected chi connectivity index (χ4v) is 4.68. The maximum absolute atomic E-state index is 12.7. The second kappa shape index (κ2) is 9.63. The van der Waals surface area contributed by atoms with Gasteiger partial charge in [-0.05, 0) is 70.8 Å². The van der Waals surface area contributed by atoms with Gasteiger partial charge in [0.15, 0.2) is 11.5 Å². The van der Waals surface area contributed by atoms with E-state index in [1.807, 2.05) is 19.1 Å². The zero-order valence-corrected chi connectivity index (χ0v) is 19.8. The quantitative estimate of drug-likeness (QED) is 0.608. The average Bonchev–Trinajstić information content (AvgIpc) is 3.42. The van der Waals surface area contributed by atoms with Crippen LogP contribution in [0.1, 0.15) is 62.9 Å². The maximum atomic E-state index is 12.7. The van der Waals surface area contributed by atoms with E-state index < -0.39 is 0 Å². The number of benzene rings is 1. The molecular weight excluding hydrogens is 414 g/mol. The minimum absolute atomic E-state index is 0.130. The Morgan fingerprint density at radius 1 is 1.36 bits per heavy atom. The molecule has 2 aromatic heterocycles. The topological polar surface area (TPSA) is 97.8 Å². The van der Waals surface area contributed by atoms with Gasteiger partial charge in [-0.1, -0.05) is 19.1 Å². The number of nitrogens with one attached hydrogen (secondary N) is 2. The van der Waals surface area contributed by atoms with Crippen molar-refractivity contribution < 1.29 is 9.53 Å². The number of imidazole rings is 1. The molecule has 3 aromatic rings. The molecule has 2 N–H and O–H groups in total. The summed E-state index contributed by atoms with van der Waals surface area (Å²) in [5, 5.41) is 10.7. The SMILES string of the molecule is C/C=c1/c(C#N)c[nH]/c1=C(/C(C)=O)c1nc2c(OCCC)c(C3CCN(C)CC3)ccc2[nH]1. The Bertz CT molecular complexity index is 1330. The van der Waals surface area contributed by atoms with Crippen molar-refractivity contribution in [2.24, 2.45) is 0 Å². The van der Waals surface area contributed by atoms with E-state index in [2.05, 4.69) is 41.0 Å². The molecule has 0 saturated carbocycles. The average molecular weight is 446 g/mol. The first kappa shape index (κ1) is 22.8. The van der Waals surface area contributed by atoms with E-state index in [1.54, 1.807) is 6.20 Å². The van der Waals surface area contributed by atoms with Gasteiger partial charge in [-0.2, -0.15) is 5.26 Å². The van der Waals surface area contributed by atoms with E-state index in [0.717, 1.165) is 49.1 Å². The van der Waals surface area contributed by atoms with E-state index >= 15 is 0 Å². The highest BCUT2D eigenvalue weighted by Gasteiger charge is 2.25. The summed E-state index contributed by atoms with van der Waals surface area (Å²) in [4.78, 5) is 26.4. The fourth-order valence-electron chi connectivity index (χ4n) is 4.68. The highest BCUT2D eigenvalue weighted by molar-refractivity contribution is 6.18. The number of carbonyl (C=O) groups is 1. The number of ether oxygens (including phenoxy) is 1. The van der Waals surface area contributed by atoms with E-state index in [4.69, 9.17) is 9.72 Å². The number of ketones is 1. The van der Waals surface area contributed by atoms with Crippen LogP contribution in [0.4, 0.5) is 0 Å². The summed E-state index contributed by atoms with van der Waals surface area (Å²) < 4.78 is 6.26. The zero-order valence-electron chi connectivity index (χ0n) is 19.8. The molecule has 3 heterocycles. The number of H-pyrrole nitrogens is 2. The van der Waals surface area contributed by atoms with Crippen LogP contribution in [0.15, 0.2) is 18.3 Å². The minimum Gasteiger partial charge on any atom is -0.491 e. The van der Waals surface area contributed by atoms with Crippen molar-refractivity contribution in [1.29, 1.82) is 5.26 Å². The predicted molar refractivity (Wildman–Crippen MR) is 129 cm³/mol. The van der Waals surface area contributed by atoms with Crippen LogP contribution in [0, 0.1) is 11.3 Å². The van der Waals surface area contributed by atoms with E-state index in [-0.39, 0.29) is 5.78 Å². The number of nitriles is 1. The van der Waals surface area contributed by atoms with Crippen molar-refractivity contribution in [3.63, 3.8) is 0 Å². The smallest absolute Gasteiger partial charge is 0.165 e. The Labute approximate surface area is 193 Å². The standard InChI is InChI=1S/C26H31N5O2/c1-5-13-33-25-20(17-9-11-31(4)12-10-17)7-8-21-24(25)30-26(29-21)22(16(3)32)23-19(6-2)18(14-27)15-28-23/h6-8,15,17,28H,5,9-13H2,1-4H3,(H,29,30)/b19-6-,23-22-. The monoisotopic (exact) mass is 445 g/mol. The summed E-state index contributed by atoms with van der Waals surface area (Å²) in [5.41, 5.74) is 3.71. The molecular formula is C26H31N5O2. The minimum atomic E-state index is -0.130. The Kier molecular flexibility index (Phi) is 6.66. The number of hydrogen-bond donors (Lipinski definition) is 2. The molecule has 1 saturated heterocycles. The van der Waals surface area contributed by atoms with Gasteiger partial charge in [-0.3, -0.25) is 4.79 Å². The molecule has 0 unspecified atom stereocenters. The van der Waals surface area contributed by atoms with Crippen molar-refractivity contribution in [3.05, 3.63) is 45.8 Å². The van der Waals surface area contributed by atoms with Crippen LogP contribution in [-0.4, -0.2) is 52.4 Å². The van der Waals surface area contributed by atoms with Gasteiger partial charge in [0, 0.05) is 11.4 Å². The molecule has 7 heteroatoms. The number of aromatic nitrogens is 3. The van der Waals surface area contributed by atoms with Crippen LogP contribution >= 0.6 is 0 Å². The molecule has 0 atom stereocenters. The molecule has 4 rings (SSSR count). The third kappa shape index (κ3) is 4.31. The van der Waals surface area contributed by atoms with Crippen molar-refractivity contribution in [2.75, 3.05) is 26.7 Å². The zero-order chi connectivity index (χ0) is 23.5. The number of likely N-dealkylation sites (tertiary alicyclic amines) is 1. The number of carbonyl (C=O) groups excluding carboxylic acids is 1. The number of aromatic amines is 2. The fraction of sp³-hybridized carbons (Fsp3) is 0.423. The molecule has 33 heavy (non-hydrogen) atoms. The largest absolute Gasteiger partial charge is 0.491 e. The molecule has 0 spiro atoms. The lowest BCUT2D eigenvalue weighted by molar-refractivity contribution is -0.111. The lowest BCUT2D eigenvalue weighted by Gasteiger charge is -2.30. The maximum Gasteiger partial charge on any atom is 0.165 e. The lowest BCUT2D eigenvalue weighted by atomic mass is 9.88. The van der Waals surface area contributed by atoms with E-state index in [0.29, 0.717) is 40.1 Å². The number of nitrogens with zero attached hydrogens (tertiary/aromatic N) is 3. The summed E-state index contributed by atoms with van der Waals surface area (Å²) in [6.45, 7) is 8.21. The van der Waals surface area contributed by atoms with Crippen LogP contribution in [0.25, 0.3) is 22.7 Å². The van der Waals surface area contributed by atoms with Crippen molar-refractivity contribution in [2.45, 2.75) is 46.0 Å². The van der Waals surface area contributed by atoms with Crippen LogP contribution in [0.2, 0.25) is 0 Å². The third-order valence-corrected chi connectivity index (χ3v) is 6.42. The number of Topliss-reactive ketones (excluding diaryl/α,β-unsaturated/α-hetero) is 1. The van der Waals surface area contributed by atoms with Gasteiger partial charge in [0.1, 0.15) is 17.4 Å². The third-order valence-electron chi connectivity index (χ3n) is 6.42. The normalized spacial score (nSPS) is 16.8. The molecule has 0 amide bonds. The summed E-state index contributed by atoms with van der Waals surface area (Å²) in [7, 11) is 2.16. The summed E-state index contributed by atoms with van der Waals surface area (Å²) in [6.07, 6.45) is 6.54. The number of hydrogen-bond acceptors (Lipinski definition) is 5. The number of fused-ring (bicyclic) bond motifs is 1. The summed E-state index contributed by atoms with van der Waals surface area (Å²) in [6, 6.07) is 6.36. The highest BCUT2D eigenvalue weighted by Crippen LogP contribution is 2.38. The van der Waals surface area contributed by atoms with Crippen LogP contribution < -0.4 is 15.3 Å². The molecule has 1 aliphatic rings. The van der Waals surface area contributed by atoms with Gasteiger partial charge in [0.25, 0.3) is 0 Å². The highest BCUT2D eigenvalue weighted by atomic mass is 16.5. The van der Waals surface area contributed by atoms with Crippen molar-refractivity contribution in [3.8, 4) is 11.8 Å². The second-order valence-electron chi connectivity index (χ2n) is 8.71. The Hall–Kier alpha value is -3.37. The van der Waals surface area contributed by atoms with Crippen LogP contribution in [-0.2, 0) is 4.79 Å². The molecule has 0 bridgehead atoms. The molecule has 0 aliphatic carbocycles. The summed E-state index contributed by atoms with van der Waals surface area (Å²) >= 11 is 0. The van der Waals surface area contributed by atoms with Crippen LogP contribution in [0.5, 0.6) is 5.75 Å². The Morgan fingerprint density at radius 3 is 2.76 bits per heavy atom. The van der Waals surface area contributed by atoms with Gasteiger partial charge >= 0.3 is 0 Å². The van der Waals surface area contributed by atoms with E-state index in [1.165, 1.54) is 12.5 Å². The van der Waals surface area contributed by atoms with Gasteiger partial charge < -0.3 is 19.6 Å². The summed E-state index contributed by atoms with van der Waals surface area (Å²) in [5.74, 6) is 1.60. The molecule has 1 aromatic carbocycles. The van der Waals surface area contributed by atoms with E-state index in [9.17, 15) is 10.1 Å². The van der Waals surface area contributed by atoms with Crippen molar-refractivity contribution >= 4 is 28.5 Å².